The smallest absolute Gasteiger partial charge is 0.146 e. The highest BCUT2D eigenvalue weighted by Crippen LogP contribution is 2.31. The van der Waals surface area contributed by atoms with Crippen molar-refractivity contribution in [2.45, 2.75) is 19.9 Å². The number of nitrogens with one attached hydrogen (secondary N) is 1. The molecule has 1 heterocycles. The van der Waals surface area contributed by atoms with Crippen LogP contribution in [0.1, 0.15) is 18.9 Å². The molecule has 1 N–H and O–H groups in total. The quantitative estimate of drug-likeness (QED) is 0.827. The van der Waals surface area contributed by atoms with Gasteiger partial charge in [0.25, 0.3) is 0 Å². The van der Waals surface area contributed by atoms with Crippen LogP contribution < -0.4 is 10.1 Å². The van der Waals surface area contributed by atoms with Gasteiger partial charge in [-0.1, -0.05) is 19.1 Å². The molecule has 0 fully saturated rings. The number of anilines is 1. The molecule has 0 saturated heterocycles. The third kappa shape index (κ3) is 4.12. The molecule has 0 saturated carbocycles. The second-order valence-electron chi connectivity index (χ2n) is 5.65. The maximum atomic E-state index is 5.86. The van der Waals surface area contributed by atoms with E-state index in [1.165, 1.54) is 12.0 Å². The van der Waals surface area contributed by atoms with E-state index in [4.69, 9.17) is 4.74 Å². The predicted octanol–water partition coefficient (Wildman–Crippen LogP) is 2.26. The number of para-hydroxylation sites is 1. The Labute approximate surface area is 122 Å². The number of ether oxygens (including phenoxy) is 1. The van der Waals surface area contributed by atoms with Gasteiger partial charge >= 0.3 is 0 Å². The highest BCUT2D eigenvalue weighted by molar-refractivity contribution is 5.61. The first-order valence-corrected chi connectivity index (χ1v) is 7.56. The summed E-state index contributed by atoms with van der Waals surface area (Å²) in [5, 5.41) is 3.41. The average molecular weight is 277 g/mol. The van der Waals surface area contributed by atoms with E-state index in [1.807, 2.05) is 0 Å². The lowest BCUT2D eigenvalue weighted by atomic mass is 10.1. The molecule has 1 aromatic carbocycles. The Kier molecular flexibility index (Phi) is 5.68. The minimum absolute atomic E-state index is 0.759. The van der Waals surface area contributed by atoms with Crippen molar-refractivity contribution in [2.75, 3.05) is 52.2 Å². The molecule has 0 atom stereocenters. The molecule has 0 unspecified atom stereocenters. The molecule has 4 nitrogen and oxygen atoms in total. The molecule has 1 aliphatic rings. The summed E-state index contributed by atoms with van der Waals surface area (Å²) < 4.78 is 5.86. The van der Waals surface area contributed by atoms with Crippen LogP contribution in [0.5, 0.6) is 5.75 Å². The lowest BCUT2D eigenvalue weighted by Crippen LogP contribution is -2.32. The van der Waals surface area contributed by atoms with Crippen LogP contribution in [0, 0.1) is 0 Å². The van der Waals surface area contributed by atoms with Gasteiger partial charge in [0, 0.05) is 31.7 Å². The third-order valence-corrected chi connectivity index (χ3v) is 3.56. The summed E-state index contributed by atoms with van der Waals surface area (Å²) in [5.74, 6) is 1.05. The third-order valence-electron chi connectivity index (χ3n) is 3.56. The fourth-order valence-electron chi connectivity index (χ4n) is 2.53. The molecule has 2 rings (SSSR count). The van der Waals surface area contributed by atoms with Gasteiger partial charge in [0.1, 0.15) is 12.4 Å². The van der Waals surface area contributed by atoms with Crippen LogP contribution in [0.2, 0.25) is 0 Å². The standard InChI is InChI=1S/C16H27N3O/c1-4-9-19(11-10-18(2)3)13-14-6-5-7-15-16(14)20-12-8-17-15/h5-7,17H,4,8-13H2,1-3H3. The maximum absolute atomic E-state index is 5.86. The van der Waals surface area contributed by atoms with E-state index in [1.54, 1.807) is 0 Å². The lowest BCUT2D eigenvalue weighted by molar-refractivity contribution is 0.229. The lowest BCUT2D eigenvalue weighted by Gasteiger charge is -2.27. The number of hydrogen-bond acceptors (Lipinski definition) is 4. The van der Waals surface area contributed by atoms with Crippen LogP contribution in [-0.2, 0) is 6.54 Å². The molecule has 20 heavy (non-hydrogen) atoms. The normalized spacial score (nSPS) is 14.1. The van der Waals surface area contributed by atoms with Crippen molar-refractivity contribution in [2.24, 2.45) is 0 Å². The molecule has 0 aromatic heterocycles. The number of likely N-dealkylation sites (N-methyl/N-ethyl adjacent to an activating group) is 1. The minimum Gasteiger partial charge on any atom is -0.489 e. The Morgan fingerprint density at radius 1 is 1.20 bits per heavy atom. The van der Waals surface area contributed by atoms with Gasteiger partial charge in [-0.2, -0.15) is 0 Å². The first-order chi connectivity index (χ1) is 9.70. The summed E-state index contributed by atoms with van der Waals surface area (Å²) >= 11 is 0. The van der Waals surface area contributed by atoms with Gasteiger partial charge in [0.2, 0.25) is 0 Å². The first-order valence-electron chi connectivity index (χ1n) is 7.56. The first kappa shape index (κ1) is 15.1. The van der Waals surface area contributed by atoms with Gasteiger partial charge < -0.3 is 15.0 Å². The largest absolute Gasteiger partial charge is 0.489 e. The van der Waals surface area contributed by atoms with Crippen LogP contribution in [0.3, 0.4) is 0 Å². The highest BCUT2D eigenvalue weighted by atomic mass is 16.5. The van der Waals surface area contributed by atoms with Crippen LogP contribution >= 0.6 is 0 Å². The zero-order chi connectivity index (χ0) is 14.4. The summed E-state index contributed by atoms with van der Waals surface area (Å²) in [6.07, 6.45) is 1.18. The zero-order valence-electron chi connectivity index (χ0n) is 13.0. The van der Waals surface area contributed by atoms with Gasteiger partial charge in [0.05, 0.1) is 5.69 Å². The van der Waals surface area contributed by atoms with Crippen molar-refractivity contribution in [3.8, 4) is 5.75 Å². The molecule has 0 amide bonds. The van der Waals surface area contributed by atoms with Gasteiger partial charge in [-0.15, -0.1) is 0 Å². The summed E-state index contributed by atoms with van der Waals surface area (Å²) in [6.45, 7) is 8.18. The van der Waals surface area contributed by atoms with Crippen molar-refractivity contribution in [3.63, 3.8) is 0 Å². The summed E-state index contributed by atoms with van der Waals surface area (Å²) in [4.78, 5) is 4.74. The van der Waals surface area contributed by atoms with E-state index < -0.39 is 0 Å². The average Bonchev–Trinajstić information content (AvgIpc) is 2.45. The Morgan fingerprint density at radius 3 is 2.80 bits per heavy atom. The van der Waals surface area contributed by atoms with Crippen molar-refractivity contribution >= 4 is 5.69 Å². The summed E-state index contributed by atoms with van der Waals surface area (Å²) in [6, 6.07) is 6.40. The van der Waals surface area contributed by atoms with Crippen LogP contribution in [0.4, 0.5) is 5.69 Å². The van der Waals surface area contributed by atoms with E-state index in [2.05, 4.69) is 54.3 Å². The molecular weight excluding hydrogens is 250 g/mol. The molecule has 1 aliphatic heterocycles. The molecule has 112 valence electrons. The monoisotopic (exact) mass is 277 g/mol. The fourth-order valence-corrected chi connectivity index (χ4v) is 2.53. The highest BCUT2D eigenvalue weighted by Gasteiger charge is 2.16. The number of nitrogens with zero attached hydrogens (tertiary/aromatic N) is 2. The Bertz CT molecular complexity index is 420. The predicted molar refractivity (Wildman–Crippen MR) is 84.5 cm³/mol. The van der Waals surface area contributed by atoms with Crippen LogP contribution in [0.15, 0.2) is 18.2 Å². The topological polar surface area (TPSA) is 27.7 Å². The minimum atomic E-state index is 0.759. The van der Waals surface area contributed by atoms with E-state index in [0.29, 0.717) is 0 Å². The molecule has 0 bridgehead atoms. The van der Waals surface area contributed by atoms with Crippen LogP contribution in [0.25, 0.3) is 0 Å². The second kappa shape index (κ2) is 7.50. The number of benzene rings is 1. The molecule has 0 aliphatic carbocycles. The SMILES string of the molecule is CCCN(CCN(C)C)Cc1cccc2c1OCCN2. The van der Waals surface area contributed by atoms with E-state index in [-0.39, 0.29) is 0 Å². The summed E-state index contributed by atoms with van der Waals surface area (Å²) in [7, 11) is 4.25. The molecule has 1 aromatic rings. The van der Waals surface area contributed by atoms with Crippen molar-refractivity contribution < 1.29 is 4.74 Å². The molecule has 0 radical (unpaired) electrons. The van der Waals surface area contributed by atoms with Crippen molar-refractivity contribution in [3.05, 3.63) is 23.8 Å². The van der Waals surface area contributed by atoms with Gasteiger partial charge in [0.15, 0.2) is 0 Å². The molecular formula is C16H27N3O. The van der Waals surface area contributed by atoms with E-state index in [0.717, 1.165) is 50.8 Å². The van der Waals surface area contributed by atoms with Gasteiger partial charge in [-0.25, -0.2) is 0 Å². The van der Waals surface area contributed by atoms with Crippen molar-refractivity contribution in [1.29, 1.82) is 0 Å². The summed E-state index contributed by atoms with van der Waals surface area (Å²) in [5.41, 5.74) is 2.43. The van der Waals surface area contributed by atoms with Gasteiger partial charge in [-0.05, 0) is 33.1 Å². The molecule has 4 heteroatoms. The molecule has 0 spiro atoms. The van der Waals surface area contributed by atoms with E-state index >= 15 is 0 Å². The number of hydrogen-bond donors (Lipinski definition) is 1. The van der Waals surface area contributed by atoms with Crippen LogP contribution in [-0.4, -0.2) is 56.7 Å². The second-order valence-corrected chi connectivity index (χ2v) is 5.65. The zero-order valence-corrected chi connectivity index (χ0v) is 13.0. The fraction of sp³-hybridized carbons (Fsp3) is 0.625. The number of rotatable bonds is 7. The number of fused-ring (bicyclic) bond motifs is 1. The maximum Gasteiger partial charge on any atom is 0.146 e. The Balaban J connectivity index is 2.05. The Morgan fingerprint density at radius 2 is 2.05 bits per heavy atom. The Hall–Kier alpha value is -1.26. The van der Waals surface area contributed by atoms with Gasteiger partial charge in [-0.3, -0.25) is 4.90 Å². The van der Waals surface area contributed by atoms with E-state index in [9.17, 15) is 0 Å². The van der Waals surface area contributed by atoms with Crippen molar-refractivity contribution in [1.82, 2.24) is 9.80 Å².